The molecule has 1 aromatic carbocycles. The number of hydrogen-bond donors (Lipinski definition) is 2. The molecule has 7 nitrogen and oxygen atoms in total. The summed E-state index contributed by atoms with van der Waals surface area (Å²) >= 11 is 0. The molecule has 0 fully saturated rings. The average molecular weight is 355 g/mol. The van der Waals surface area contributed by atoms with Crippen molar-refractivity contribution in [1.82, 2.24) is 19.5 Å². The maximum absolute atomic E-state index is 13.1. The molecule has 26 heavy (non-hydrogen) atoms. The van der Waals surface area contributed by atoms with E-state index in [-0.39, 0.29) is 24.7 Å². The molecule has 1 aliphatic heterocycles. The minimum atomic E-state index is -0.278. The number of fused-ring (bicyclic) bond motifs is 1. The topological polar surface area (TPSA) is 85.1 Å². The summed E-state index contributed by atoms with van der Waals surface area (Å²) in [4.78, 5) is 13.0. The third-order valence-corrected chi connectivity index (χ3v) is 4.38. The Hall–Kier alpha value is -3.00. The molecule has 8 heteroatoms. The van der Waals surface area contributed by atoms with Gasteiger partial charge in [0, 0.05) is 6.42 Å². The molecule has 0 radical (unpaired) electrons. The smallest absolute Gasteiger partial charge is 0.181 e. The third-order valence-electron chi connectivity index (χ3n) is 4.38. The second kappa shape index (κ2) is 6.72. The van der Waals surface area contributed by atoms with Crippen LogP contribution in [0.2, 0.25) is 0 Å². The van der Waals surface area contributed by atoms with Crippen LogP contribution in [0.4, 0.5) is 10.2 Å². The number of aliphatic hydroxyl groups is 1. The number of anilines is 1. The van der Waals surface area contributed by atoms with Crippen molar-refractivity contribution in [2.24, 2.45) is 0 Å². The molecule has 2 atom stereocenters. The first kappa shape index (κ1) is 16.5. The fraction of sp³-hybridized carbons (Fsp3) is 0.278. The highest BCUT2D eigenvalue weighted by atomic mass is 19.1. The first-order chi connectivity index (χ1) is 12.7. The fourth-order valence-electron chi connectivity index (χ4n) is 2.98. The maximum Gasteiger partial charge on any atom is 0.181 e. The number of nitrogens with zero attached hydrogens (tertiary/aromatic N) is 4. The zero-order valence-electron chi connectivity index (χ0n) is 14.1. The van der Waals surface area contributed by atoms with Crippen LogP contribution in [0, 0.1) is 5.82 Å². The van der Waals surface area contributed by atoms with Crippen LogP contribution in [-0.2, 0) is 4.74 Å². The van der Waals surface area contributed by atoms with Crippen LogP contribution in [0.25, 0.3) is 11.2 Å². The van der Waals surface area contributed by atoms with Crippen LogP contribution >= 0.6 is 0 Å². The average Bonchev–Trinajstić information content (AvgIpc) is 3.29. The Morgan fingerprint density at radius 3 is 2.85 bits per heavy atom. The van der Waals surface area contributed by atoms with Gasteiger partial charge in [0.2, 0.25) is 0 Å². The quantitative estimate of drug-likeness (QED) is 0.732. The van der Waals surface area contributed by atoms with Gasteiger partial charge in [0.1, 0.15) is 30.8 Å². The van der Waals surface area contributed by atoms with E-state index in [0.29, 0.717) is 29.2 Å². The summed E-state index contributed by atoms with van der Waals surface area (Å²) in [5.74, 6) is 0.879. The van der Waals surface area contributed by atoms with Crippen molar-refractivity contribution in [2.45, 2.75) is 25.6 Å². The zero-order valence-corrected chi connectivity index (χ0v) is 14.1. The number of halogens is 1. The molecule has 0 bridgehead atoms. The van der Waals surface area contributed by atoms with Gasteiger partial charge in [-0.25, -0.2) is 19.3 Å². The second-order valence-electron chi connectivity index (χ2n) is 6.10. The number of imidazole rings is 1. The Labute approximate surface area is 149 Å². The van der Waals surface area contributed by atoms with Gasteiger partial charge in [-0.2, -0.15) is 0 Å². The van der Waals surface area contributed by atoms with Gasteiger partial charge in [-0.3, -0.25) is 4.57 Å². The Kier molecular flexibility index (Phi) is 4.26. The first-order valence-electron chi connectivity index (χ1n) is 8.32. The normalized spacial score (nSPS) is 17.8. The number of ether oxygens (including phenoxy) is 1. The lowest BCUT2D eigenvalue weighted by Gasteiger charge is -2.16. The van der Waals surface area contributed by atoms with Crippen LogP contribution in [0.3, 0.4) is 0 Å². The van der Waals surface area contributed by atoms with E-state index >= 15 is 0 Å². The molecule has 0 unspecified atom stereocenters. The second-order valence-corrected chi connectivity index (χ2v) is 6.10. The number of nitrogens with one attached hydrogen (secondary N) is 1. The van der Waals surface area contributed by atoms with Gasteiger partial charge in [0.05, 0.1) is 6.04 Å². The lowest BCUT2D eigenvalue weighted by molar-refractivity contribution is 0.0656. The minimum Gasteiger partial charge on any atom is -0.472 e. The van der Waals surface area contributed by atoms with Crippen molar-refractivity contribution in [2.75, 3.05) is 11.9 Å². The van der Waals surface area contributed by atoms with Crippen LogP contribution in [-0.4, -0.2) is 31.2 Å². The molecule has 0 amide bonds. The van der Waals surface area contributed by atoms with Gasteiger partial charge >= 0.3 is 0 Å². The molecule has 3 aromatic rings. The van der Waals surface area contributed by atoms with Crippen LogP contribution in [0.15, 0.2) is 48.8 Å². The molecular formula is C18H18FN5O2. The monoisotopic (exact) mass is 355 g/mol. The maximum atomic E-state index is 13.1. The highest BCUT2D eigenvalue weighted by Gasteiger charge is 2.23. The zero-order chi connectivity index (χ0) is 18.1. The van der Waals surface area contributed by atoms with E-state index in [2.05, 4.69) is 20.3 Å². The van der Waals surface area contributed by atoms with Crippen molar-refractivity contribution in [3.63, 3.8) is 0 Å². The van der Waals surface area contributed by atoms with E-state index in [4.69, 9.17) is 4.74 Å². The van der Waals surface area contributed by atoms with Gasteiger partial charge in [-0.1, -0.05) is 12.1 Å². The minimum absolute atomic E-state index is 0.0794. The number of aromatic nitrogens is 4. The Bertz CT molecular complexity index is 954. The predicted molar refractivity (Wildman–Crippen MR) is 93.7 cm³/mol. The van der Waals surface area contributed by atoms with Gasteiger partial charge < -0.3 is 15.2 Å². The summed E-state index contributed by atoms with van der Waals surface area (Å²) in [5.41, 5.74) is 2.21. The SMILES string of the molecule is C[C@H](Nc1ncnc2c1ncn2[C@H]1CC=C(CO)O1)c1ccc(F)cc1. The molecule has 2 aromatic heterocycles. The Balaban J connectivity index is 1.60. The van der Waals surface area contributed by atoms with E-state index in [1.807, 2.05) is 17.6 Å². The van der Waals surface area contributed by atoms with Crippen molar-refractivity contribution in [3.8, 4) is 0 Å². The molecular weight excluding hydrogens is 337 g/mol. The molecule has 4 rings (SSSR count). The molecule has 3 heterocycles. The summed E-state index contributed by atoms with van der Waals surface area (Å²) in [6, 6.07) is 6.25. The van der Waals surface area contributed by atoms with Gasteiger partial charge in [0.25, 0.3) is 0 Å². The highest BCUT2D eigenvalue weighted by Crippen LogP contribution is 2.30. The van der Waals surface area contributed by atoms with Crippen molar-refractivity contribution in [1.29, 1.82) is 0 Å². The lowest BCUT2D eigenvalue weighted by Crippen LogP contribution is -2.10. The molecule has 0 saturated heterocycles. The van der Waals surface area contributed by atoms with Crippen LogP contribution in [0.1, 0.15) is 31.2 Å². The Morgan fingerprint density at radius 2 is 2.12 bits per heavy atom. The number of hydrogen-bond acceptors (Lipinski definition) is 6. The number of rotatable bonds is 5. The van der Waals surface area contributed by atoms with Crippen LogP contribution in [0.5, 0.6) is 0 Å². The molecule has 134 valence electrons. The molecule has 2 N–H and O–H groups in total. The molecule has 0 spiro atoms. The van der Waals surface area contributed by atoms with E-state index in [9.17, 15) is 9.50 Å². The highest BCUT2D eigenvalue weighted by molar-refractivity contribution is 5.82. The van der Waals surface area contributed by atoms with Gasteiger partial charge in [-0.15, -0.1) is 0 Å². The number of benzene rings is 1. The van der Waals surface area contributed by atoms with Gasteiger partial charge in [-0.05, 0) is 30.7 Å². The lowest BCUT2D eigenvalue weighted by atomic mass is 10.1. The van der Waals surface area contributed by atoms with E-state index in [1.54, 1.807) is 18.5 Å². The summed E-state index contributed by atoms with van der Waals surface area (Å²) in [6.45, 7) is 1.84. The summed E-state index contributed by atoms with van der Waals surface area (Å²) in [6.07, 6.45) is 5.34. The summed E-state index contributed by atoms with van der Waals surface area (Å²) < 4.78 is 20.6. The standard InChI is InChI=1S/C18H18FN5O2/c1-11(12-2-4-13(19)5-3-12)23-17-16-18(21-9-20-17)24(10-22-16)15-7-6-14(8-25)26-15/h2-6,9-11,15,25H,7-8H2,1H3,(H,20,21,23)/t11-,15+/m0/s1. The van der Waals surface area contributed by atoms with E-state index in [1.165, 1.54) is 18.5 Å². The van der Waals surface area contributed by atoms with Crippen LogP contribution < -0.4 is 5.32 Å². The molecule has 1 aliphatic rings. The van der Waals surface area contributed by atoms with Gasteiger partial charge in [0.15, 0.2) is 23.2 Å². The van der Waals surface area contributed by atoms with Crippen molar-refractivity contribution in [3.05, 3.63) is 60.1 Å². The summed E-state index contributed by atoms with van der Waals surface area (Å²) in [5, 5.41) is 12.5. The molecule has 0 saturated carbocycles. The first-order valence-corrected chi connectivity index (χ1v) is 8.32. The number of aliphatic hydroxyl groups excluding tert-OH is 1. The summed E-state index contributed by atoms with van der Waals surface area (Å²) in [7, 11) is 0. The van der Waals surface area contributed by atoms with Crippen molar-refractivity contribution >= 4 is 17.0 Å². The predicted octanol–water partition coefficient (Wildman–Crippen LogP) is 2.93. The van der Waals surface area contributed by atoms with Crippen molar-refractivity contribution < 1.29 is 14.2 Å². The van der Waals surface area contributed by atoms with E-state index < -0.39 is 0 Å². The Morgan fingerprint density at radius 1 is 1.31 bits per heavy atom. The molecule has 0 aliphatic carbocycles. The third kappa shape index (κ3) is 2.99. The largest absolute Gasteiger partial charge is 0.472 e. The fourth-order valence-corrected chi connectivity index (χ4v) is 2.98. The van der Waals surface area contributed by atoms with E-state index in [0.717, 1.165) is 5.56 Å².